The van der Waals surface area contributed by atoms with Gasteiger partial charge < -0.3 is 9.47 Å². The van der Waals surface area contributed by atoms with Crippen LogP contribution in [0, 0.1) is 0 Å². The molecule has 2 bridgehead atoms. The van der Waals surface area contributed by atoms with E-state index in [0.717, 1.165) is 12.8 Å². The molecule has 0 saturated heterocycles. The van der Waals surface area contributed by atoms with E-state index < -0.39 is 5.60 Å². The minimum atomic E-state index is -0.474. The van der Waals surface area contributed by atoms with E-state index in [4.69, 9.17) is 9.47 Å². The highest BCUT2D eigenvalue weighted by Gasteiger charge is 2.46. The Hall–Kier alpha value is -2.68. The maximum atomic E-state index is 6.56. The second kappa shape index (κ2) is 7.38. The van der Waals surface area contributed by atoms with Gasteiger partial charge in [0.25, 0.3) is 0 Å². The van der Waals surface area contributed by atoms with Gasteiger partial charge in [0, 0.05) is 0 Å². The first-order chi connectivity index (χ1) is 13.8. The summed E-state index contributed by atoms with van der Waals surface area (Å²) >= 11 is 0. The highest BCUT2D eigenvalue weighted by molar-refractivity contribution is 5.46. The molecule has 0 N–H and O–H groups in total. The Kier molecular flexibility index (Phi) is 4.59. The molecule has 0 spiro atoms. The van der Waals surface area contributed by atoms with Crippen molar-refractivity contribution in [2.75, 3.05) is 6.61 Å². The molecule has 0 unspecified atom stereocenters. The highest BCUT2D eigenvalue weighted by atomic mass is 16.6. The fraction of sp³-hybridized carbons (Fsp3) is 0.231. The average molecular weight is 368 g/mol. The predicted molar refractivity (Wildman–Crippen MR) is 111 cm³/mol. The molecule has 3 aromatic carbocycles. The highest BCUT2D eigenvalue weighted by Crippen LogP contribution is 2.51. The van der Waals surface area contributed by atoms with Gasteiger partial charge in [-0.05, 0) is 41.2 Å². The molecule has 0 amide bonds. The monoisotopic (exact) mass is 368 g/mol. The van der Waals surface area contributed by atoms with E-state index in [-0.39, 0.29) is 6.10 Å². The van der Waals surface area contributed by atoms with E-state index in [2.05, 4.69) is 72.8 Å². The topological polar surface area (TPSA) is 18.5 Å². The Morgan fingerprint density at radius 1 is 0.821 bits per heavy atom. The van der Waals surface area contributed by atoms with Crippen molar-refractivity contribution in [3.8, 4) is 0 Å². The molecule has 0 radical (unpaired) electrons. The maximum Gasteiger partial charge on any atom is 0.136 e. The SMILES string of the molecule is C1=C(Cc2ccccc2)C[C@@H]2O[C@@]1(COCc1ccccc1)c1ccccc12. The summed E-state index contributed by atoms with van der Waals surface area (Å²) in [6.45, 7) is 1.13. The van der Waals surface area contributed by atoms with Crippen LogP contribution in [-0.2, 0) is 28.1 Å². The molecule has 0 saturated carbocycles. The summed E-state index contributed by atoms with van der Waals surface area (Å²) in [6.07, 6.45) is 4.37. The molecule has 3 aromatic rings. The van der Waals surface area contributed by atoms with Crippen molar-refractivity contribution in [3.63, 3.8) is 0 Å². The molecular formula is C26H24O2. The summed E-state index contributed by atoms with van der Waals surface area (Å²) in [4.78, 5) is 0. The molecule has 0 aromatic heterocycles. The minimum Gasteiger partial charge on any atom is -0.373 e. The zero-order valence-corrected chi connectivity index (χ0v) is 15.9. The molecule has 0 fully saturated rings. The number of hydrogen-bond donors (Lipinski definition) is 0. The van der Waals surface area contributed by atoms with Crippen LogP contribution in [0.25, 0.3) is 0 Å². The van der Waals surface area contributed by atoms with Gasteiger partial charge in [-0.1, -0.05) is 90.5 Å². The van der Waals surface area contributed by atoms with Crippen LogP contribution < -0.4 is 0 Å². The number of ether oxygens (including phenoxy) is 2. The molecule has 2 atom stereocenters. The molecule has 5 rings (SSSR count). The second-order valence-corrected chi connectivity index (χ2v) is 7.73. The third kappa shape index (κ3) is 3.30. The molecule has 2 heteroatoms. The number of benzene rings is 3. The van der Waals surface area contributed by atoms with E-state index in [1.165, 1.54) is 27.8 Å². The van der Waals surface area contributed by atoms with E-state index in [9.17, 15) is 0 Å². The van der Waals surface area contributed by atoms with Crippen LogP contribution in [0.2, 0.25) is 0 Å². The summed E-state index contributed by atoms with van der Waals surface area (Å²) < 4.78 is 12.7. The van der Waals surface area contributed by atoms with Gasteiger partial charge in [0.05, 0.1) is 19.3 Å². The van der Waals surface area contributed by atoms with Gasteiger partial charge >= 0.3 is 0 Å². The lowest BCUT2D eigenvalue weighted by molar-refractivity contribution is -0.102. The summed E-state index contributed by atoms with van der Waals surface area (Å²) in [6, 6.07) is 29.6. The van der Waals surface area contributed by atoms with Crippen molar-refractivity contribution < 1.29 is 9.47 Å². The molecule has 2 nitrogen and oxygen atoms in total. The molecular weight excluding hydrogens is 344 g/mol. The van der Waals surface area contributed by atoms with Crippen molar-refractivity contribution in [1.82, 2.24) is 0 Å². The second-order valence-electron chi connectivity index (χ2n) is 7.73. The first-order valence-electron chi connectivity index (χ1n) is 9.96. The van der Waals surface area contributed by atoms with Crippen molar-refractivity contribution in [3.05, 3.63) is 119 Å². The molecule has 28 heavy (non-hydrogen) atoms. The Morgan fingerprint density at radius 3 is 2.29 bits per heavy atom. The van der Waals surface area contributed by atoms with Crippen molar-refractivity contribution in [1.29, 1.82) is 0 Å². The van der Waals surface area contributed by atoms with Gasteiger partial charge in [-0.3, -0.25) is 0 Å². The molecule has 0 aliphatic carbocycles. The van der Waals surface area contributed by atoms with Crippen LogP contribution in [0.5, 0.6) is 0 Å². The zero-order valence-electron chi connectivity index (χ0n) is 15.9. The predicted octanol–water partition coefficient (Wildman–Crippen LogP) is 5.74. The fourth-order valence-corrected chi connectivity index (χ4v) is 4.46. The summed E-state index contributed by atoms with van der Waals surface area (Å²) in [5.74, 6) is 0. The summed E-state index contributed by atoms with van der Waals surface area (Å²) in [5, 5.41) is 0. The molecule has 2 heterocycles. The van der Waals surface area contributed by atoms with Crippen LogP contribution in [-0.4, -0.2) is 6.61 Å². The number of hydrogen-bond acceptors (Lipinski definition) is 2. The first kappa shape index (κ1) is 17.4. The van der Waals surface area contributed by atoms with Crippen LogP contribution in [0.1, 0.15) is 34.8 Å². The van der Waals surface area contributed by atoms with E-state index in [0.29, 0.717) is 13.2 Å². The summed E-state index contributed by atoms with van der Waals surface area (Å²) in [7, 11) is 0. The first-order valence-corrected chi connectivity index (χ1v) is 9.96. The van der Waals surface area contributed by atoms with Gasteiger partial charge in [-0.15, -0.1) is 0 Å². The summed E-state index contributed by atoms with van der Waals surface area (Å²) in [5.41, 5.74) is 6.06. The van der Waals surface area contributed by atoms with Crippen molar-refractivity contribution in [2.24, 2.45) is 0 Å². The smallest absolute Gasteiger partial charge is 0.136 e. The largest absolute Gasteiger partial charge is 0.373 e. The van der Waals surface area contributed by atoms with Crippen LogP contribution in [0.4, 0.5) is 0 Å². The van der Waals surface area contributed by atoms with E-state index in [1.807, 2.05) is 18.2 Å². The van der Waals surface area contributed by atoms with Crippen molar-refractivity contribution >= 4 is 0 Å². The lowest BCUT2D eigenvalue weighted by Gasteiger charge is -2.32. The maximum absolute atomic E-state index is 6.56. The van der Waals surface area contributed by atoms with Gasteiger partial charge in [0.1, 0.15) is 5.60 Å². The van der Waals surface area contributed by atoms with Gasteiger partial charge in [-0.25, -0.2) is 0 Å². The van der Waals surface area contributed by atoms with Gasteiger partial charge in [0.2, 0.25) is 0 Å². The third-order valence-electron chi connectivity index (χ3n) is 5.70. The van der Waals surface area contributed by atoms with Crippen LogP contribution in [0.3, 0.4) is 0 Å². The Morgan fingerprint density at radius 2 is 1.50 bits per heavy atom. The van der Waals surface area contributed by atoms with Gasteiger partial charge in [0.15, 0.2) is 0 Å². The molecule has 2 aliphatic rings. The number of fused-ring (bicyclic) bond motifs is 5. The van der Waals surface area contributed by atoms with Crippen LogP contribution in [0.15, 0.2) is 96.6 Å². The lowest BCUT2D eigenvalue weighted by Crippen LogP contribution is -2.32. The van der Waals surface area contributed by atoms with Gasteiger partial charge in [-0.2, -0.15) is 0 Å². The zero-order chi connectivity index (χ0) is 18.8. The van der Waals surface area contributed by atoms with Crippen LogP contribution >= 0.6 is 0 Å². The number of rotatable bonds is 6. The standard InChI is InChI=1S/C26H24O2/c1-3-9-20(10-4-1)15-22-16-25-23-13-7-8-14-24(23)26(17-22,28-25)19-27-18-21-11-5-2-6-12-21/h1-14,17,25H,15-16,18-19H2/t25-,26-/m0/s1. The minimum absolute atomic E-state index is 0.125. The molecule has 140 valence electrons. The quantitative estimate of drug-likeness (QED) is 0.516. The third-order valence-corrected chi connectivity index (χ3v) is 5.70. The molecule has 2 aliphatic heterocycles. The van der Waals surface area contributed by atoms with E-state index in [1.54, 1.807) is 0 Å². The average Bonchev–Trinajstić information content (AvgIpc) is 2.97. The normalized spacial score (nSPS) is 22.6. The van der Waals surface area contributed by atoms with E-state index >= 15 is 0 Å². The van der Waals surface area contributed by atoms with Crippen molar-refractivity contribution in [2.45, 2.75) is 31.2 Å². The Balaban J connectivity index is 1.42. The Bertz CT molecular complexity index is 978. The lowest BCUT2D eigenvalue weighted by atomic mass is 9.91. The fourth-order valence-electron chi connectivity index (χ4n) is 4.46. The Labute approximate surface area is 166 Å².